The molecule has 0 saturated heterocycles. The summed E-state index contributed by atoms with van der Waals surface area (Å²) < 4.78 is 2.57. The zero-order chi connectivity index (χ0) is 9.97. The van der Waals surface area contributed by atoms with Crippen molar-refractivity contribution in [1.82, 2.24) is 14.5 Å². The average molecular weight is 207 g/mol. The van der Waals surface area contributed by atoms with E-state index < -0.39 is 0 Å². The van der Waals surface area contributed by atoms with Crippen LogP contribution in [0.1, 0.15) is 5.56 Å². The molecule has 0 saturated carbocycles. The van der Waals surface area contributed by atoms with Crippen LogP contribution in [-0.2, 0) is 6.54 Å². The summed E-state index contributed by atoms with van der Waals surface area (Å²) in [5.41, 5.74) is 0.923. The maximum atomic E-state index is 10.8. The van der Waals surface area contributed by atoms with Gasteiger partial charge in [0.05, 0.1) is 6.54 Å². The summed E-state index contributed by atoms with van der Waals surface area (Å²) in [5.74, 6) is 0. The summed E-state index contributed by atoms with van der Waals surface area (Å²) in [4.78, 5) is 16.3. The van der Waals surface area contributed by atoms with E-state index in [4.69, 9.17) is 12.2 Å². The molecule has 5 heteroatoms. The van der Waals surface area contributed by atoms with Gasteiger partial charge in [0.25, 0.3) is 0 Å². The van der Waals surface area contributed by atoms with Gasteiger partial charge in [-0.1, -0.05) is 6.07 Å². The van der Waals surface area contributed by atoms with Gasteiger partial charge in [-0.25, -0.2) is 0 Å². The van der Waals surface area contributed by atoms with Gasteiger partial charge in [0.2, 0.25) is 5.56 Å². The van der Waals surface area contributed by atoms with Crippen molar-refractivity contribution in [1.29, 1.82) is 0 Å². The fraction of sp³-hybridized carbons (Fsp3) is 0.111. The smallest absolute Gasteiger partial charge is 0.247 e. The monoisotopic (exact) mass is 207 g/mol. The first-order chi connectivity index (χ1) is 6.75. The van der Waals surface area contributed by atoms with Crippen molar-refractivity contribution in [3.8, 4) is 0 Å². The molecule has 0 bridgehead atoms. The van der Waals surface area contributed by atoms with Crippen LogP contribution >= 0.6 is 12.2 Å². The molecule has 0 spiro atoms. The Kier molecular flexibility index (Phi) is 2.32. The summed E-state index contributed by atoms with van der Waals surface area (Å²) in [6.07, 6.45) is 5.35. The quantitative estimate of drug-likeness (QED) is 0.729. The van der Waals surface area contributed by atoms with Crippen molar-refractivity contribution >= 4 is 12.2 Å². The number of hydrogen-bond acceptors (Lipinski definition) is 2. The Morgan fingerprint density at radius 3 is 2.79 bits per heavy atom. The number of nitrogens with zero attached hydrogens (tertiary/aromatic N) is 1. The first-order valence-electron chi connectivity index (χ1n) is 4.17. The van der Waals surface area contributed by atoms with Gasteiger partial charge in [-0.2, -0.15) is 0 Å². The Morgan fingerprint density at radius 1 is 1.36 bits per heavy atom. The lowest BCUT2D eigenvalue weighted by molar-refractivity contribution is 0.779. The zero-order valence-corrected chi connectivity index (χ0v) is 8.17. The number of imidazole rings is 1. The molecule has 0 aromatic carbocycles. The number of aromatic amines is 2. The van der Waals surface area contributed by atoms with E-state index in [0.717, 1.165) is 5.56 Å². The highest BCUT2D eigenvalue weighted by Gasteiger charge is 1.95. The minimum atomic E-state index is -0.0913. The molecule has 2 rings (SSSR count). The molecule has 72 valence electrons. The molecule has 2 heterocycles. The summed E-state index contributed by atoms with van der Waals surface area (Å²) in [7, 11) is 0. The number of aromatic nitrogens is 3. The normalized spacial score (nSPS) is 10.3. The molecule has 4 nitrogen and oxygen atoms in total. The molecule has 0 aliphatic rings. The molecule has 0 unspecified atom stereocenters. The van der Waals surface area contributed by atoms with Crippen LogP contribution in [0.15, 0.2) is 35.5 Å². The minimum absolute atomic E-state index is 0.0913. The van der Waals surface area contributed by atoms with Crippen LogP contribution in [0.25, 0.3) is 0 Å². The van der Waals surface area contributed by atoms with Crippen molar-refractivity contribution in [3.05, 3.63) is 51.4 Å². The van der Waals surface area contributed by atoms with Gasteiger partial charge < -0.3 is 14.5 Å². The lowest BCUT2D eigenvalue weighted by atomic mass is 10.3. The summed E-state index contributed by atoms with van der Waals surface area (Å²) in [6, 6.07) is 3.29. The maximum absolute atomic E-state index is 10.8. The summed E-state index contributed by atoms with van der Waals surface area (Å²) >= 11 is 5.05. The Bertz CT molecular complexity index is 517. The standard InChI is InChI=1S/C9H9N3OS/c13-8-2-1-7(5-11-8)6-12-4-3-10-9(12)14/h1-5H,6H2,(H,10,14)(H,11,13). The summed E-state index contributed by atoms with van der Waals surface area (Å²) in [6.45, 7) is 0.666. The highest BCUT2D eigenvalue weighted by molar-refractivity contribution is 7.71. The Hall–Kier alpha value is -1.62. The Balaban J connectivity index is 2.28. The number of hydrogen-bond donors (Lipinski definition) is 2. The van der Waals surface area contributed by atoms with Crippen LogP contribution in [-0.4, -0.2) is 14.5 Å². The molecular formula is C9H9N3OS. The van der Waals surface area contributed by atoms with Gasteiger partial charge in [0.15, 0.2) is 4.77 Å². The summed E-state index contributed by atoms with van der Waals surface area (Å²) in [5, 5.41) is 0. The molecule has 0 aliphatic carbocycles. The lowest BCUT2D eigenvalue weighted by Gasteiger charge is -2.00. The second-order valence-electron chi connectivity index (χ2n) is 2.95. The highest BCUT2D eigenvalue weighted by atomic mass is 32.1. The van der Waals surface area contributed by atoms with Crippen molar-refractivity contribution in [2.45, 2.75) is 6.54 Å². The molecule has 0 aliphatic heterocycles. The molecule has 2 aromatic heterocycles. The van der Waals surface area contributed by atoms with Crippen molar-refractivity contribution in [3.63, 3.8) is 0 Å². The lowest BCUT2D eigenvalue weighted by Crippen LogP contribution is -2.05. The van der Waals surface area contributed by atoms with E-state index in [-0.39, 0.29) is 5.56 Å². The van der Waals surface area contributed by atoms with Crippen LogP contribution < -0.4 is 5.56 Å². The fourth-order valence-electron chi connectivity index (χ4n) is 1.21. The average Bonchev–Trinajstić information content (AvgIpc) is 2.56. The zero-order valence-electron chi connectivity index (χ0n) is 7.36. The molecule has 0 amide bonds. The Morgan fingerprint density at radius 2 is 2.21 bits per heavy atom. The topological polar surface area (TPSA) is 53.6 Å². The molecule has 0 atom stereocenters. The molecule has 2 aromatic rings. The second kappa shape index (κ2) is 3.63. The number of nitrogens with one attached hydrogen (secondary N) is 2. The highest BCUT2D eigenvalue weighted by Crippen LogP contribution is 1.99. The number of rotatable bonds is 2. The predicted molar refractivity (Wildman–Crippen MR) is 55.8 cm³/mol. The molecule has 14 heavy (non-hydrogen) atoms. The third-order valence-corrected chi connectivity index (χ3v) is 2.28. The molecule has 0 radical (unpaired) electrons. The van der Waals surface area contributed by atoms with Gasteiger partial charge in [-0.05, 0) is 17.8 Å². The maximum Gasteiger partial charge on any atom is 0.247 e. The second-order valence-corrected chi connectivity index (χ2v) is 3.34. The van der Waals surface area contributed by atoms with Gasteiger partial charge in [-0.15, -0.1) is 0 Å². The van der Waals surface area contributed by atoms with Crippen LogP contribution in [0.3, 0.4) is 0 Å². The number of H-pyrrole nitrogens is 2. The number of pyridine rings is 1. The minimum Gasteiger partial charge on any atom is -0.337 e. The first-order valence-corrected chi connectivity index (χ1v) is 4.58. The van der Waals surface area contributed by atoms with Crippen molar-refractivity contribution in [2.24, 2.45) is 0 Å². The van der Waals surface area contributed by atoms with Crippen LogP contribution in [0, 0.1) is 4.77 Å². The fourth-order valence-corrected chi connectivity index (χ4v) is 1.40. The van der Waals surface area contributed by atoms with Crippen LogP contribution in [0.5, 0.6) is 0 Å². The first kappa shape index (κ1) is 8.96. The van der Waals surface area contributed by atoms with E-state index in [9.17, 15) is 4.79 Å². The third-order valence-electron chi connectivity index (χ3n) is 1.92. The van der Waals surface area contributed by atoms with E-state index >= 15 is 0 Å². The predicted octanol–water partition coefficient (Wildman–Crippen LogP) is 1.28. The Labute approximate surface area is 85.2 Å². The van der Waals surface area contributed by atoms with Crippen LogP contribution in [0.2, 0.25) is 0 Å². The van der Waals surface area contributed by atoms with Gasteiger partial charge in [0, 0.05) is 24.7 Å². The van der Waals surface area contributed by atoms with Crippen molar-refractivity contribution in [2.75, 3.05) is 0 Å². The largest absolute Gasteiger partial charge is 0.337 e. The van der Waals surface area contributed by atoms with Crippen LogP contribution in [0.4, 0.5) is 0 Å². The van der Waals surface area contributed by atoms with E-state index in [0.29, 0.717) is 11.3 Å². The van der Waals surface area contributed by atoms with Gasteiger partial charge >= 0.3 is 0 Å². The van der Waals surface area contributed by atoms with Gasteiger partial charge in [0.1, 0.15) is 0 Å². The van der Waals surface area contributed by atoms with Crippen molar-refractivity contribution < 1.29 is 0 Å². The SMILES string of the molecule is O=c1ccc(Cn2cc[nH]c2=S)c[nH]1. The van der Waals surface area contributed by atoms with E-state index in [1.54, 1.807) is 18.5 Å². The van der Waals surface area contributed by atoms with E-state index in [2.05, 4.69) is 9.97 Å². The molecule has 0 fully saturated rings. The molecular weight excluding hydrogens is 198 g/mol. The van der Waals surface area contributed by atoms with Gasteiger partial charge in [-0.3, -0.25) is 4.79 Å². The van der Waals surface area contributed by atoms with E-state index in [1.165, 1.54) is 6.07 Å². The van der Waals surface area contributed by atoms with E-state index in [1.807, 2.05) is 10.8 Å². The molecule has 2 N–H and O–H groups in total. The third kappa shape index (κ3) is 1.82.